The lowest BCUT2D eigenvalue weighted by molar-refractivity contribution is 0.0206. The third-order valence-corrected chi connectivity index (χ3v) is 5.05. The summed E-state index contributed by atoms with van der Waals surface area (Å²) < 4.78 is 10.4. The van der Waals surface area contributed by atoms with E-state index in [4.69, 9.17) is 9.47 Å². The molecule has 0 saturated carbocycles. The first-order valence-electron chi connectivity index (χ1n) is 10.5. The Morgan fingerprint density at radius 2 is 0.794 bits per heavy atom. The molecule has 0 saturated heterocycles. The van der Waals surface area contributed by atoms with Gasteiger partial charge < -0.3 is 9.47 Å². The molecule has 0 radical (unpaired) electrons. The molecule has 2 aliphatic heterocycles. The summed E-state index contributed by atoms with van der Waals surface area (Å²) >= 11 is 0. The predicted molar refractivity (Wildman–Crippen MR) is 117 cm³/mol. The van der Waals surface area contributed by atoms with Gasteiger partial charge in [-0.3, -0.25) is 19.2 Å². The molecule has 0 spiro atoms. The van der Waals surface area contributed by atoms with E-state index in [9.17, 15) is 28.8 Å². The average molecular weight is 466 g/mol. The van der Waals surface area contributed by atoms with E-state index in [0.29, 0.717) is 9.80 Å². The second-order valence-electron chi connectivity index (χ2n) is 9.92. The molecule has 10 nitrogen and oxygen atoms in total. The van der Waals surface area contributed by atoms with Crippen molar-refractivity contribution < 1.29 is 38.2 Å². The summed E-state index contributed by atoms with van der Waals surface area (Å²) in [5.74, 6) is -3.76. The van der Waals surface area contributed by atoms with E-state index in [1.54, 1.807) is 41.5 Å². The van der Waals surface area contributed by atoms with Crippen LogP contribution in [0.1, 0.15) is 83.0 Å². The van der Waals surface area contributed by atoms with Crippen molar-refractivity contribution in [3.8, 4) is 0 Å². The lowest BCUT2D eigenvalue weighted by Gasteiger charge is -2.32. The van der Waals surface area contributed by atoms with E-state index in [1.165, 1.54) is 24.3 Å². The molecule has 2 aromatic carbocycles. The van der Waals surface area contributed by atoms with Crippen LogP contribution in [-0.2, 0) is 9.47 Å². The quantitative estimate of drug-likeness (QED) is 0.535. The second-order valence-corrected chi connectivity index (χ2v) is 9.92. The number of rotatable bonds is 0. The highest BCUT2D eigenvalue weighted by Crippen LogP contribution is 2.38. The largest absolute Gasteiger partial charge is 0.443 e. The molecular formula is C24H22N2O8. The first-order valence-corrected chi connectivity index (χ1v) is 10.5. The monoisotopic (exact) mass is 466 g/mol. The van der Waals surface area contributed by atoms with Crippen molar-refractivity contribution in [1.82, 2.24) is 9.80 Å². The molecule has 2 heterocycles. The molecule has 2 aliphatic rings. The van der Waals surface area contributed by atoms with Gasteiger partial charge in [0.05, 0.1) is 0 Å². The fraction of sp³-hybridized carbons (Fsp3) is 0.333. The number of imide groups is 6. The maximum Gasteiger partial charge on any atom is 0.424 e. The Hall–Kier alpha value is -4.08. The van der Waals surface area contributed by atoms with Crippen LogP contribution in [0, 0.1) is 0 Å². The summed E-state index contributed by atoms with van der Waals surface area (Å²) in [6.45, 7) is 9.56. The van der Waals surface area contributed by atoms with E-state index < -0.39 is 47.0 Å². The molecule has 10 heteroatoms. The topological polar surface area (TPSA) is 127 Å². The Morgan fingerprint density at radius 1 is 0.559 bits per heavy atom. The molecule has 0 atom stereocenters. The van der Waals surface area contributed by atoms with Gasteiger partial charge in [-0.15, -0.1) is 0 Å². The minimum atomic E-state index is -1.13. The zero-order valence-corrected chi connectivity index (χ0v) is 19.5. The van der Waals surface area contributed by atoms with Gasteiger partial charge in [0, 0.05) is 33.0 Å². The average Bonchev–Trinajstić information content (AvgIpc) is 2.67. The van der Waals surface area contributed by atoms with Crippen LogP contribution in [0.3, 0.4) is 0 Å². The number of hydrogen-bond donors (Lipinski definition) is 0. The van der Waals surface area contributed by atoms with Gasteiger partial charge in [-0.25, -0.2) is 9.59 Å². The van der Waals surface area contributed by atoms with Crippen LogP contribution in [0.15, 0.2) is 24.3 Å². The Labute approximate surface area is 194 Å². The summed E-state index contributed by atoms with van der Waals surface area (Å²) in [7, 11) is 0. The van der Waals surface area contributed by atoms with Crippen molar-refractivity contribution in [3.63, 3.8) is 0 Å². The van der Waals surface area contributed by atoms with Gasteiger partial charge in [-0.2, -0.15) is 9.80 Å². The van der Waals surface area contributed by atoms with Crippen LogP contribution in [-0.4, -0.2) is 56.8 Å². The van der Waals surface area contributed by atoms with Gasteiger partial charge in [0.2, 0.25) is 0 Å². The summed E-state index contributed by atoms with van der Waals surface area (Å²) in [4.78, 5) is 78.4. The molecule has 0 aliphatic carbocycles. The molecule has 34 heavy (non-hydrogen) atoms. The second kappa shape index (κ2) is 7.21. The summed E-state index contributed by atoms with van der Waals surface area (Å²) in [6, 6.07) is 5.10. The van der Waals surface area contributed by atoms with E-state index in [1.807, 2.05) is 0 Å². The third kappa shape index (κ3) is 3.51. The first kappa shape index (κ1) is 23.1. The number of carbonyl (C=O) groups is 6. The predicted octanol–water partition coefficient (Wildman–Crippen LogP) is 3.90. The van der Waals surface area contributed by atoms with Gasteiger partial charge in [0.15, 0.2) is 0 Å². The lowest BCUT2D eigenvalue weighted by atomic mass is 9.86. The highest BCUT2D eigenvalue weighted by molar-refractivity contribution is 6.37. The molecule has 0 unspecified atom stereocenters. The Kier molecular flexibility index (Phi) is 4.90. The van der Waals surface area contributed by atoms with Crippen LogP contribution in [0.5, 0.6) is 0 Å². The van der Waals surface area contributed by atoms with Gasteiger partial charge in [-0.05, 0) is 65.8 Å². The van der Waals surface area contributed by atoms with Crippen molar-refractivity contribution in [2.75, 3.05) is 0 Å². The Balaban J connectivity index is 1.86. The fourth-order valence-corrected chi connectivity index (χ4v) is 3.82. The number of hydrogen-bond acceptors (Lipinski definition) is 8. The third-order valence-electron chi connectivity index (χ3n) is 5.05. The highest BCUT2D eigenvalue weighted by Gasteiger charge is 2.45. The molecule has 4 rings (SSSR count). The zero-order valence-electron chi connectivity index (χ0n) is 19.5. The zero-order chi connectivity index (χ0) is 25.3. The Morgan fingerprint density at radius 3 is 1.00 bits per heavy atom. The Bertz CT molecular complexity index is 1170. The summed E-state index contributed by atoms with van der Waals surface area (Å²) in [5.41, 5.74) is -2.10. The minimum Gasteiger partial charge on any atom is -0.443 e. The van der Waals surface area contributed by atoms with Crippen molar-refractivity contribution >= 4 is 46.6 Å². The molecular weight excluding hydrogens is 444 g/mol. The molecule has 2 aromatic rings. The van der Waals surface area contributed by atoms with E-state index in [-0.39, 0.29) is 33.0 Å². The van der Waals surface area contributed by atoms with E-state index >= 15 is 0 Å². The molecule has 0 aromatic heterocycles. The summed E-state index contributed by atoms with van der Waals surface area (Å²) in [6.07, 6.45) is -2.27. The van der Waals surface area contributed by atoms with E-state index in [2.05, 4.69) is 0 Å². The number of amides is 6. The van der Waals surface area contributed by atoms with Gasteiger partial charge in [0.25, 0.3) is 23.6 Å². The minimum absolute atomic E-state index is 0.0487. The van der Waals surface area contributed by atoms with Crippen molar-refractivity contribution in [2.24, 2.45) is 0 Å². The number of nitrogens with zero attached hydrogens (tertiary/aromatic N) is 2. The first-order chi connectivity index (χ1) is 15.6. The maximum absolute atomic E-state index is 13.1. The van der Waals surface area contributed by atoms with E-state index in [0.717, 1.165) is 0 Å². The van der Waals surface area contributed by atoms with Gasteiger partial charge in [0.1, 0.15) is 11.2 Å². The lowest BCUT2D eigenvalue weighted by Crippen LogP contribution is -2.48. The fourth-order valence-electron chi connectivity index (χ4n) is 3.82. The molecule has 0 N–H and O–H groups in total. The number of benzene rings is 2. The number of carbonyl (C=O) groups excluding carboxylic acids is 6. The van der Waals surface area contributed by atoms with Crippen LogP contribution < -0.4 is 0 Å². The van der Waals surface area contributed by atoms with Crippen LogP contribution in [0.2, 0.25) is 0 Å². The van der Waals surface area contributed by atoms with Crippen molar-refractivity contribution in [2.45, 2.75) is 52.7 Å². The van der Waals surface area contributed by atoms with Crippen LogP contribution in [0.25, 0.3) is 10.8 Å². The molecule has 0 bridgehead atoms. The normalized spacial score (nSPS) is 15.7. The van der Waals surface area contributed by atoms with Gasteiger partial charge >= 0.3 is 12.2 Å². The summed E-state index contributed by atoms with van der Waals surface area (Å²) in [5, 5.41) is 0.130. The van der Waals surface area contributed by atoms with Crippen LogP contribution in [0.4, 0.5) is 9.59 Å². The SMILES string of the molecule is CC(C)(C)OC(=O)N1C(=O)c2ccc3c4c(ccc(c24)C1=O)C(=O)N(C(=O)OC(C)(C)C)C3=O. The highest BCUT2D eigenvalue weighted by atomic mass is 16.6. The molecule has 6 amide bonds. The molecule has 0 fully saturated rings. The van der Waals surface area contributed by atoms with Crippen LogP contribution >= 0.6 is 0 Å². The van der Waals surface area contributed by atoms with Gasteiger partial charge in [-0.1, -0.05) is 0 Å². The number of ether oxygens (including phenoxy) is 2. The smallest absolute Gasteiger partial charge is 0.424 e. The van der Waals surface area contributed by atoms with Crippen molar-refractivity contribution in [1.29, 1.82) is 0 Å². The maximum atomic E-state index is 13.1. The molecule has 176 valence electrons. The van der Waals surface area contributed by atoms with Crippen molar-refractivity contribution in [3.05, 3.63) is 46.5 Å². The standard InChI is InChI=1S/C24H22N2O8/c1-23(2,3)33-21(31)25-17(27)11-7-9-13-16-14(10-8-12(15(11)16)18(25)28)20(30)26(19(13)29)22(32)34-24(4,5)6/h7-10H,1-6H3.